The average Bonchev–Trinajstić information content (AvgIpc) is 2.49. The molecule has 0 saturated carbocycles. The van der Waals surface area contributed by atoms with Crippen LogP contribution in [0.5, 0.6) is 0 Å². The van der Waals surface area contributed by atoms with Gasteiger partial charge in [0.1, 0.15) is 0 Å². The highest BCUT2D eigenvalue weighted by Crippen LogP contribution is 2.12. The maximum Gasteiger partial charge on any atom is 0.242 e. The zero-order valence-corrected chi connectivity index (χ0v) is 7.08. The van der Waals surface area contributed by atoms with Gasteiger partial charge < -0.3 is 5.32 Å². The highest BCUT2D eigenvalue weighted by atomic mass is 35.5. The lowest BCUT2D eigenvalue weighted by atomic mass is 10.7. The average molecular weight is 184 g/mol. The molecule has 2 aromatic rings. The van der Waals surface area contributed by atoms with E-state index in [0.717, 1.165) is 0 Å². The number of nitrogens with one attached hydrogen (secondary N) is 1. The second kappa shape index (κ2) is 2.60. The van der Waals surface area contributed by atoms with Crippen molar-refractivity contribution in [3.63, 3.8) is 0 Å². The van der Waals surface area contributed by atoms with Crippen LogP contribution in [0.3, 0.4) is 0 Å². The monoisotopic (exact) mass is 183 g/mol. The van der Waals surface area contributed by atoms with Crippen LogP contribution in [0, 0.1) is 0 Å². The Morgan fingerprint density at radius 3 is 3.08 bits per heavy atom. The summed E-state index contributed by atoms with van der Waals surface area (Å²) in [6, 6.07) is 0. The minimum absolute atomic E-state index is 0.353. The summed E-state index contributed by atoms with van der Waals surface area (Å²) in [6.07, 6.45) is 3.26. The van der Waals surface area contributed by atoms with Gasteiger partial charge in [0.25, 0.3) is 0 Å². The van der Waals surface area contributed by atoms with Crippen molar-refractivity contribution in [2.24, 2.45) is 0 Å². The van der Waals surface area contributed by atoms with Crippen LogP contribution >= 0.6 is 11.6 Å². The van der Waals surface area contributed by atoms with Gasteiger partial charge in [-0.2, -0.15) is 4.98 Å². The van der Waals surface area contributed by atoms with Gasteiger partial charge in [0, 0.05) is 19.4 Å². The van der Waals surface area contributed by atoms with Gasteiger partial charge in [-0.25, -0.2) is 9.50 Å². The van der Waals surface area contributed by atoms with E-state index < -0.39 is 0 Å². The van der Waals surface area contributed by atoms with Crippen LogP contribution in [0.1, 0.15) is 0 Å². The van der Waals surface area contributed by atoms with Crippen molar-refractivity contribution in [3.8, 4) is 0 Å². The third kappa shape index (κ3) is 0.984. The van der Waals surface area contributed by atoms with E-state index in [4.69, 9.17) is 11.6 Å². The highest BCUT2D eigenvalue weighted by molar-refractivity contribution is 6.32. The Labute approximate surface area is 73.4 Å². The molecule has 0 aliphatic carbocycles. The number of hydrogen-bond donors (Lipinski definition) is 1. The Morgan fingerprint density at radius 2 is 2.42 bits per heavy atom. The molecule has 0 atom stereocenters. The van der Waals surface area contributed by atoms with Crippen molar-refractivity contribution in [2.45, 2.75) is 0 Å². The molecule has 5 nitrogen and oxygen atoms in total. The zero-order chi connectivity index (χ0) is 8.55. The first kappa shape index (κ1) is 7.30. The minimum Gasteiger partial charge on any atom is -0.356 e. The Bertz CT molecular complexity index is 409. The van der Waals surface area contributed by atoms with Gasteiger partial charge in [0.05, 0.1) is 0 Å². The number of nitrogens with zero attached hydrogens (tertiary/aromatic N) is 4. The predicted molar refractivity (Wildman–Crippen MR) is 45.3 cm³/mol. The number of anilines is 1. The van der Waals surface area contributed by atoms with Gasteiger partial charge in [-0.15, -0.1) is 5.10 Å². The predicted octanol–water partition coefficient (Wildman–Crippen LogP) is 0.819. The smallest absolute Gasteiger partial charge is 0.242 e. The molecule has 2 heterocycles. The summed E-state index contributed by atoms with van der Waals surface area (Å²) in [5, 5.41) is 7.23. The van der Waals surface area contributed by atoms with Crippen molar-refractivity contribution in [1.82, 2.24) is 19.6 Å². The fourth-order valence-corrected chi connectivity index (χ4v) is 1.08. The summed E-state index contributed by atoms with van der Waals surface area (Å²) in [7, 11) is 1.75. The van der Waals surface area contributed by atoms with Crippen LogP contribution in [-0.4, -0.2) is 26.6 Å². The van der Waals surface area contributed by atoms with Crippen molar-refractivity contribution in [2.75, 3.05) is 12.4 Å². The molecule has 0 unspecified atom stereocenters. The molecule has 6 heteroatoms. The molecule has 0 aromatic carbocycles. The van der Waals surface area contributed by atoms with Crippen LogP contribution in [-0.2, 0) is 0 Å². The van der Waals surface area contributed by atoms with E-state index in [1.54, 1.807) is 24.0 Å². The molecule has 0 fully saturated rings. The highest BCUT2D eigenvalue weighted by Gasteiger charge is 2.04. The topological polar surface area (TPSA) is 55.1 Å². The summed E-state index contributed by atoms with van der Waals surface area (Å²) >= 11 is 5.77. The quantitative estimate of drug-likeness (QED) is 0.711. The van der Waals surface area contributed by atoms with Gasteiger partial charge in [-0.05, 0) is 0 Å². The van der Waals surface area contributed by atoms with Crippen molar-refractivity contribution >= 4 is 23.2 Å². The van der Waals surface area contributed by atoms with Crippen LogP contribution in [0.4, 0.5) is 5.95 Å². The summed E-state index contributed by atoms with van der Waals surface area (Å²) in [5.74, 6) is 0.532. The molecular formula is C6H6ClN5. The second-order valence-electron chi connectivity index (χ2n) is 2.17. The largest absolute Gasteiger partial charge is 0.356 e. The maximum atomic E-state index is 5.77. The summed E-state index contributed by atoms with van der Waals surface area (Å²) in [6.45, 7) is 0. The number of halogens is 1. The van der Waals surface area contributed by atoms with E-state index in [0.29, 0.717) is 16.7 Å². The van der Waals surface area contributed by atoms with Gasteiger partial charge in [0.2, 0.25) is 5.95 Å². The fourth-order valence-electron chi connectivity index (χ4n) is 0.893. The third-order valence-corrected chi connectivity index (χ3v) is 1.70. The van der Waals surface area contributed by atoms with Gasteiger partial charge in [-0.3, -0.25) is 0 Å². The van der Waals surface area contributed by atoms with Crippen LogP contribution < -0.4 is 5.32 Å². The molecule has 0 bridgehead atoms. The first-order valence-electron chi connectivity index (χ1n) is 3.36. The molecule has 0 spiro atoms. The molecule has 0 saturated heterocycles. The Kier molecular flexibility index (Phi) is 1.58. The lowest BCUT2D eigenvalue weighted by molar-refractivity contribution is 0.948. The number of aromatic nitrogens is 4. The van der Waals surface area contributed by atoms with Crippen LogP contribution in [0.25, 0.3) is 5.65 Å². The van der Waals surface area contributed by atoms with E-state index in [9.17, 15) is 0 Å². The molecule has 0 radical (unpaired) electrons. The Balaban J connectivity index is 2.74. The molecule has 0 amide bonds. The van der Waals surface area contributed by atoms with E-state index >= 15 is 0 Å². The minimum atomic E-state index is 0.353. The zero-order valence-electron chi connectivity index (χ0n) is 6.32. The summed E-state index contributed by atoms with van der Waals surface area (Å²) < 4.78 is 1.57. The Hall–Kier alpha value is -1.36. The van der Waals surface area contributed by atoms with Crippen LogP contribution in [0.15, 0.2) is 12.4 Å². The van der Waals surface area contributed by atoms with Gasteiger partial charge in [-0.1, -0.05) is 11.6 Å². The van der Waals surface area contributed by atoms with Crippen molar-refractivity contribution < 1.29 is 0 Å². The normalized spacial score (nSPS) is 10.5. The lowest BCUT2D eigenvalue weighted by Gasteiger charge is -1.89. The fraction of sp³-hybridized carbons (Fsp3) is 0.167. The van der Waals surface area contributed by atoms with E-state index in [-0.39, 0.29) is 0 Å². The molecule has 62 valence electrons. The van der Waals surface area contributed by atoms with Crippen molar-refractivity contribution in [1.29, 1.82) is 0 Å². The number of rotatable bonds is 1. The molecule has 2 aromatic heterocycles. The SMILES string of the molecule is CNc1nc2c(Cl)nccn2n1. The summed E-state index contributed by atoms with van der Waals surface area (Å²) in [4.78, 5) is 7.95. The summed E-state index contributed by atoms with van der Waals surface area (Å²) in [5.41, 5.74) is 0.559. The van der Waals surface area contributed by atoms with Crippen LogP contribution in [0.2, 0.25) is 5.15 Å². The van der Waals surface area contributed by atoms with E-state index in [2.05, 4.69) is 20.4 Å². The number of hydrogen-bond acceptors (Lipinski definition) is 4. The standard InChI is InChI=1S/C6H6ClN5/c1-8-6-10-5-4(7)9-2-3-12(5)11-6/h2-3H,1H3,(H,8,11). The second-order valence-corrected chi connectivity index (χ2v) is 2.53. The molecule has 0 aliphatic rings. The van der Waals surface area contributed by atoms with E-state index in [1.165, 1.54) is 0 Å². The van der Waals surface area contributed by atoms with Gasteiger partial charge >= 0.3 is 0 Å². The lowest BCUT2D eigenvalue weighted by Crippen LogP contribution is -1.90. The molecule has 12 heavy (non-hydrogen) atoms. The molecule has 0 aliphatic heterocycles. The molecule has 1 N–H and O–H groups in total. The molecule has 2 rings (SSSR count). The van der Waals surface area contributed by atoms with E-state index in [1.807, 2.05) is 0 Å². The molecular weight excluding hydrogens is 178 g/mol. The van der Waals surface area contributed by atoms with Crippen molar-refractivity contribution in [3.05, 3.63) is 17.5 Å². The van der Waals surface area contributed by atoms with Gasteiger partial charge in [0.15, 0.2) is 10.8 Å². The number of fused-ring (bicyclic) bond motifs is 1. The third-order valence-electron chi connectivity index (χ3n) is 1.44. The first-order valence-corrected chi connectivity index (χ1v) is 3.73. The Morgan fingerprint density at radius 1 is 1.58 bits per heavy atom. The first-order chi connectivity index (χ1) is 5.81. The maximum absolute atomic E-state index is 5.77.